The van der Waals surface area contributed by atoms with Gasteiger partial charge in [-0.3, -0.25) is 0 Å². The van der Waals surface area contributed by atoms with Gasteiger partial charge in [0.05, 0.1) is 6.61 Å². The largest absolute Gasteiger partial charge is 0.494 e. The number of carboxylic acids is 1. The molecule has 0 amide bonds. The van der Waals surface area contributed by atoms with Crippen molar-refractivity contribution in [2.24, 2.45) is 0 Å². The Morgan fingerprint density at radius 3 is 2.67 bits per heavy atom. The van der Waals surface area contributed by atoms with E-state index in [1.165, 1.54) is 0 Å². The van der Waals surface area contributed by atoms with Crippen LogP contribution in [0.5, 0.6) is 0 Å². The van der Waals surface area contributed by atoms with Crippen LogP contribution in [0.1, 0.15) is 20.3 Å². The van der Waals surface area contributed by atoms with E-state index in [0.717, 1.165) is 0 Å². The summed E-state index contributed by atoms with van der Waals surface area (Å²) in [4.78, 5) is 11.1. The van der Waals surface area contributed by atoms with Crippen LogP contribution in [-0.4, -0.2) is 29.9 Å². The molecule has 0 bridgehead atoms. The second-order valence-electron chi connectivity index (χ2n) is 3.20. The highest BCUT2D eigenvalue weighted by Gasteiger charge is 2.37. The normalized spacial score (nSPS) is 24.8. The molecule has 1 N–H and O–H groups in total. The monoisotopic (exact) mass is 212 g/mol. The molecule has 4 heteroatoms. The third kappa shape index (κ3) is 2.59. The van der Waals surface area contributed by atoms with Gasteiger partial charge in [-0.25, -0.2) is 4.79 Å². The van der Waals surface area contributed by atoms with Gasteiger partial charge in [-0.15, -0.1) is 0 Å². The van der Waals surface area contributed by atoms with Gasteiger partial charge >= 0.3 is 5.97 Å². The van der Waals surface area contributed by atoms with E-state index in [-0.39, 0.29) is 0 Å². The number of carbonyl (C=O) groups is 1. The van der Waals surface area contributed by atoms with Gasteiger partial charge in [0.2, 0.25) is 0 Å². The van der Waals surface area contributed by atoms with Crippen molar-refractivity contribution in [2.45, 2.75) is 25.9 Å². The van der Waals surface area contributed by atoms with Crippen molar-refractivity contribution in [3.8, 4) is 0 Å². The fraction of sp³-hybridized carbons (Fsp3) is 0.545. The molecule has 1 aliphatic carbocycles. The number of ether oxygens (including phenoxy) is 2. The van der Waals surface area contributed by atoms with Crippen molar-refractivity contribution < 1.29 is 19.4 Å². The van der Waals surface area contributed by atoms with Crippen LogP contribution in [0.15, 0.2) is 24.0 Å². The molecule has 0 heterocycles. The Hall–Kier alpha value is -1.29. The molecule has 0 saturated heterocycles. The van der Waals surface area contributed by atoms with Gasteiger partial charge in [0.1, 0.15) is 5.76 Å². The minimum Gasteiger partial charge on any atom is -0.494 e. The summed E-state index contributed by atoms with van der Waals surface area (Å²) in [7, 11) is 0. The van der Waals surface area contributed by atoms with Crippen LogP contribution in [0, 0.1) is 0 Å². The van der Waals surface area contributed by atoms with Gasteiger partial charge in [-0.05, 0) is 32.1 Å². The lowest BCUT2D eigenvalue weighted by molar-refractivity contribution is -0.158. The molecule has 0 spiro atoms. The zero-order valence-corrected chi connectivity index (χ0v) is 9.03. The highest BCUT2D eigenvalue weighted by molar-refractivity contribution is 5.81. The number of carboxylic acid groups (broad SMARTS) is 1. The minimum atomic E-state index is -1.21. The summed E-state index contributed by atoms with van der Waals surface area (Å²) < 4.78 is 10.5. The van der Waals surface area contributed by atoms with Crippen molar-refractivity contribution in [3.05, 3.63) is 24.0 Å². The molecule has 1 unspecified atom stereocenters. The van der Waals surface area contributed by atoms with Gasteiger partial charge in [-0.1, -0.05) is 0 Å². The molecule has 1 rings (SSSR count). The predicted octanol–water partition coefficient (Wildman–Crippen LogP) is 1.73. The summed E-state index contributed by atoms with van der Waals surface area (Å²) in [5, 5.41) is 9.09. The number of aliphatic carboxylic acids is 1. The average molecular weight is 212 g/mol. The summed E-state index contributed by atoms with van der Waals surface area (Å²) in [6.45, 7) is 4.61. The fourth-order valence-electron chi connectivity index (χ4n) is 1.46. The minimum absolute atomic E-state index is 0.308. The van der Waals surface area contributed by atoms with E-state index < -0.39 is 11.6 Å². The van der Waals surface area contributed by atoms with E-state index in [4.69, 9.17) is 14.6 Å². The van der Waals surface area contributed by atoms with Crippen LogP contribution in [0.2, 0.25) is 0 Å². The molecular weight excluding hydrogens is 196 g/mol. The summed E-state index contributed by atoms with van der Waals surface area (Å²) in [6.07, 6.45) is 5.25. The highest BCUT2D eigenvalue weighted by atomic mass is 16.5. The van der Waals surface area contributed by atoms with E-state index >= 15 is 0 Å². The van der Waals surface area contributed by atoms with Gasteiger partial charge in [0.25, 0.3) is 0 Å². The topological polar surface area (TPSA) is 55.8 Å². The molecule has 0 aromatic heterocycles. The van der Waals surface area contributed by atoms with Crippen LogP contribution >= 0.6 is 0 Å². The molecule has 84 valence electrons. The number of rotatable bonds is 5. The lowest BCUT2D eigenvalue weighted by Crippen LogP contribution is -2.40. The number of hydrogen-bond acceptors (Lipinski definition) is 3. The summed E-state index contributed by atoms with van der Waals surface area (Å²) in [5.74, 6) is -0.263. The molecular formula is C11H16O4. The van der Waals surface area contributed by atoms with Gasteiger partial charge in [-0.2, -0.15) is 0 Å². The van der Waals surface area contributed by atoms with Gasteiger partial charge in [0.15, 0.2) is 5.60 Å². The Morgan fingerprint density at radius 1 is 1.53 bits per heavy atom. The Labute approximate surface area is 89.2 Å². The maximum Gasteiger partial charge on any atom is 0.340 e. The van der Waals surface area contributed by atoms with Crippen molar-refractivity contribution in [2.75, 3.05) is 13.2 Å². The maximum atomic E-state index is 11.1. The van der Waals surface area contributed by atoms with Crippen LogP contribution in [0.4, 0.5) is 0 Å². The van der Waals surface area contributed by atoms with Crippen LogP contribution in [0.25, 0.3) is 0 Å². The Bertz CT molecular complexity index is 293. The predicted molar refractivity (Wildman–Crippen MR) is 55.5 cm³/mol. The highest BCUT2D eigenvalue weighted by Crippen LogP contribution is 2.25. The van der Waals surface area contributed by atoms with E-state index in [2.05, 4.69) is 0 Å². The molecule has 15 heavy (non-hydrogen) atoms. The van der Waals surface area contributed by atoms with Crippen molar-refractivity contribution in [1.29, 1.82) is 0 Å². The SMILES string of the molecule is CCOC1=CCC(OCC)(C(=O)O)C=C1. The van der Waals surface area contributed by atoms with E-state index in [9.17, 15) is 4.79 Å². The molecule has 0 aliphatic heterocycles. The van der Waals surface area contributed by atoms with Gasteiger partial charge < -0.3 is 14.6 Å². The molecule has 0 aromatic carbocycles. The molecule has 0 fully saturated rings. The van der Waals surface area contributed by atoms with E-state index in [1.54, 1.807) is 25.2 Å². The summed E-state index contributed by atoms with van der Waals surface area (Å²) in [6, 6.07) is 0. The molecule has 1 aliphatic rings. The van der Waals surface area contributed by atoms with Gasteiger partial charge in [0, 0.05) is 13.0 Å². The lowest BCUT2D eigenvalue weighted by Gasteiger charge is -2.27. The standard InChI is InChI=1S/C11H16O4/c1-3-14-9-5-7-11(8-6-9,10(12)13)15-4-2/h5-7H,3-4,8H2,1-2H3,(H,12,13). The molecule has 4 nitrogen and oxygen atoms in total. The first-order chi connectivity index (χ1) is 7.14. The zero-order valence-electron chi connectivity index (χ0n) is 9.03. The van der Waals surface area contributed by atoms with Crippen LogP contribution in [-0.2, 0) is 14.3 Å². The molecule has 1 atom stereocenters. The number of allylic oxidation sites excluding steroid dienone is 1. The second-order valence-corrected chi connectivity index (χ2v) is 3.20. The third-order valence-electron chi connectivity index (χ3n) is 2.20. The average Bonchev–Trinajstić information content (AvgIpc) is 2.21. The van der Waals surface area contributed by atoms with Crippen molar-refractivity contribution >= 4 is 5.97 Å². The third-order valence-corrected chi connectivity index (χ3v) is 2.20. The van der Waals surface area contributed by atoms with E-state index in [1.807, 2.05) is 6.92 Å². The first-order valence-electron chi connectivity index (χ1n) is 5.04. The summed E-state index contributed by atoms with van der Waals surface area (Å²) >= 11 is 0. The lowest BCUT2D eigenvalue weighted by atomic mass is 9.94. The molecule has 0 aromatic rings. The fourth-order valence-corrected chi connectivity index (χ4v) is 1.46. The first-order valence-corrected chi connectivity index (χ1v) is 5.04. The van der Waals surface area contributed by atoms with E-state index in [0.29, 0.717) is 25.4 Å². The smallest absolute Gasteiger partial charge is 0.340 e. The Morgan fingerprint density at radius 2 is 2.27 bits per heavy atom. The first kappa shape index (κ1) is 11.8. The molecule has 0 radical (unpaired) electrons. The Kier molecular flexibility index (Phi) is 3.91. The van der Waals surface area contributed by atoms with Crippen molar-refractivity contribution in [3.63, 3.8) is 0 Å². The summed E-state index contributed by atoms with van der Waals surface area (Å²) in [5.41, 5.74) is -1.21. The Balaban J connectivity index is 2.75. The molecule has 0 saturated carbocycles. The van der Waals surface area contributed by atoms with Crippen LogP contribution in [0.3, 0.4) is 0 Å². The second kappa shape index (κ2) is 4.98. The number of hydrogen-bond donors (Lipinski definition) is 1. The zero-order chi connectivity index (χ0) is 11.3. The quantitative estimate of drug-likeness (QED) is 0.754. The van der Waals surface area contributed by atoms with Crippen molar-refractivity contribution in [1.82, 2.24) is 0 Å². The van der Waals surface area contributed by atoms with Crippen LogP contribution < -0.4 is 0 Å². The maximum absolute atomic E-state index is 11.1.